The Labute approximate surface area is 102 Å². The number of benzene rings is 1. The van der Waals surface area contributed by atoms with E-state index in [1.165, 1.54) is 12.7 Å². The minimum Gasteiger partial charge on any atom is -0.479 e. The van der Waals surface area contributed by atoms with Crippen LogP contribution in [0.3, 0.4) is 0 Å². The van der Waals surface area contributed by atoms with Gasteiger partial charge in [0.05, 0.1) is 0 Å². The highest BCUT2D eigenvalue weighted by Crippen LogP contribution is 2.31. The Bertz CT molecular complexity index is 421. The van der Waals surface area contributed by atoms with Crippen LogP contribution in [-0.4, -0.2) is 24.3 Å². The number of ether oxygens (including phenoxy) is 1. The minimum atomic E-state index is -0.933. The zero-order chi connectivity index (χ0) is 13.2. The van der Waals surface area contributed by atoms with E-state index in [0.717, 1.165) is 11.1 Å². The van der Waals surface area contributed by atoms with E-state index in [-0.39, 0.29) is 0 Å². The van der Waals surface area contributed by atoms with Crippen molar-refractivity contribution in [2.45, 2.75) is 39.2 Å². The van der Waals surface area contributed by atoms with Gasteiger partial charge in [0.15, 0.2) is 6.10 Å². The molecule has 0 saturated heterocycles. The molecule has 0 spiro atoms. The van der Waals surface area contributed by atoms with Crippen molar-refractivity contribution in [1.82, 2.24) is 0 Å². The van der Waals surface area contributed by atoms with E-state index in [2.05, 4.69) is 6.07 Å². The molecule has 17 heavy (non-hydrogen) atoms. The van der Waals surface area contributed by atoms with E-state index in [1.54, 1.807) is 0 Å². The summed E-state index contributed by atoms with van der Waals surface area (Å²) in [6.45, 7) is 7.81. The number of hydrogen-bond donors (Lipinski definition) is 1. The van der Waals surface area contributed by atoms with Crippen LogP contribution in [0.1, 0.15) is 30.5 Å². The third kappa shape index (κ3) is 2.67. The van der Waals surface area contributed by atoms with Gasteiger partial charge in [-0.2, -0.15) is 0 Å². The average Bonchev–Trinajstić information content (AvgIpc) is 2.16. The highest BCUT2D eigenvalue weighted by molar-refractivity contribution is 5.75. The first-order valence-electron chi connectivity index (χ1n) is 5.64. The zero-order valence-corrected chi connectivity index (χ0v) is 11.1. The monoisotopic (exact) mass is 236 g/mol. The number of methoxy groups -OCH3 is 1. The van der Waals surface area contributed by atoms with Crippen LogP contribution in [0.25, 0.3) is 0 Å². The van der Waals surface area contributed by atoms with Crippen molar-refractivity contribution < 1.29 is 14.6 Å². The Kier molecular flexibility index (Phi) is 3.94. The van der Waals surface area contributed by atoms with Gasteiger partial charge in [-0.25, -0.2) is 4.79 Å². The van der Waals surface area contributed by atoms with Crippen LogP contribution < -0.4 is 0 Å². The standard InChI is InChI=1S/C14H20O3/c1-9-6-7-11(10(2)8-9)14(3,4)12(17-5)13(15)16/h6-8,12H,1-5H3,(H,15,16). The summed E-state index contributed by atoms with van der Waals surface area (Å²) in [5.74, 6) is -0.933. The van der Waals surface area contributed by atoms with E-state index in [9.17, 15) is 9.90 Å². The smallest absolute Gasteiger partial charge is 0.333 e. The fraction of sp³-hybridized carbons (Fsp3) is 0.500. The number of carbonyl (C=O) groups is 1. The van der Waals surface area contributed by atoms with Crippen molar-refractivity contribution in [2.24, 2.45) is 0 Å². The molecule has 0 bridgehead atoms. The maximum Gasteiger partial charge on any atom is 0.333 e. The van der Waals surface area contributed by atoms with Crippen molar-refractivity contribution in [1.29, 1.82) is 0 Å². The molecule has 0 fully saturated rings. The molecule has 0 aliphatic rings. The maximum absolute atomic E-state index is 11.2. The molecule has 94 valence electrons. The molecule has 0 aromatic heterocycles. The molecule has 0 heterocycles. The summed E-state index contributed by atoms with van der Waals surface area (Å²) < 4.78 is 5.12. The Morgan fingerprint density at radius 1 is 1.35 bits per heavy atom. The van der Waals surface area contributed by atoms with Gasteiger partial charge in [-0.15, -0.1) is 0 Å². The quantitative estimate of drug-likeness (QED) is 0.874. The van der Waals surface area contributed by atoms with Gasteiger partial charge in [-0.05, 0) is 25.0 Å². The first-order valence-corrected chi connectivity index (χ1v) is 5.64. The Balaban J connectivity index is 3.24. The summed E-state index contributed by atoms with van der Waals surface area (Å²) in [6, 6.07) is 6.05. The molecular formula is C14H20O3. The van der Waals surface area contributed by atoms with Crippen LogP contribution in [0.4, 0.5) is 0 Å². The van der Waals surface area contributed by atoms with Gasteiger partial charge in [-0.1, -0.05) is 37.6 Å². The zero-order valence-electron chi connectivity index (χ0n) is 11.1. The summed E-state index contributed by atoms with van der Waals surface area (Å²) in [6.07, 6.45) is -0.844. The van der Waals surface area contributed by atoms with Crippen molar-refractivity contribution in [3.63, 3.8) is 0 Å². The van der Waals surface area contributed by atoms with Crippen LogP contribution in [0.15, 0.2) is 18.2 Å². The molecule has 0 saturated carbocycles. The van der Waals surface area contributed by atoms with Crippen molar-refractivity contribution in [2.75, 3.05) is 7.11 Å². The number of aliphatic carboxylic acids is 1. The molecule has 1 aromatic carbocycles. The molecule has 0 aliphatic carbocycles. The van der Waals surface area contributed by atoms with Gasteiger partial charge >= 0.3 is 5.97 Å². The van der Waals surface area contributed by atoms with E-state index in [1.807, 2.05) is 39.8 Å². The Hall–Kier alpha value is -1.35. The first kappa shape index (κ1) is 13.7. The molecule has 0 radical (unpaired) electrons. The molecule has 1 atom stereocenters. The minimum absolute atomic E-state index is 0.557. The summed E-state index contributed by atoms with van der Waals surface area (Å²) in [5.41, 5.74) is 2.72. The number of carboxylic acid groups (broad SMARTS) is 1. The second-order valence-electron chi connectivity index (χ2n) is 4.99. The largest absolute Gasteiger partial charge is 0.479 e. The van der Waals surface area contributed by atoms with E-state index < -0.39 is 17.5 Å². The second-order valence-corrected chi connectivity index (χ2v) is 4.99. The van der Waals surface area contributed by atoms with Gasteiger partial charge in [0.2, 0.25) is 0 Å². The van der Waals surface area contributed by atoms with Crippen LogP contribution in [0.2, 0.25) is 0 Å². The predicted molar refractivity (Wildman–Crippen MR) is 67.4 cm³/mol. The van der Waals surface area contributed by atoms with E-state index >= 15 is 0 Å². The SMILES string of the molecule is COC(C(=O)O)C(C)(C)c1ccc(C)cc1C. The summed E-state index contributed by atoms with van der Waals surface area (Å²) >= 11 is 0. The van der Waals surface area contributed by atoms with Gasteiger partial charge in [0, 0.05) is 12.5 Å². The molecule has 3 heteroatoms. The Morgan fingerprint density at radius 2 is 1.94 bits per heavy atom. The molecule has 0 amide bonds. The molecular weight excluding hydrogens is 216 g/mol. The van der Waals surface area contributed by atoms with Crippen molar-refractivity contribution >= 4 is 5.97 Å². The molecule has 1 unspecified atom stereocenters. The van der Waals surface area contributed by atoms with E-state index in [4.69, 9.17) is 4.74 Å². The molecule has 1 N–H and O–H groups in total. The highest BCUT2D eigenvalue weighted by atomic mass is 16.5. The lowest BCUT2D eigenvalue weighted by atomic mass is 9.77. The maximum atomic E-state index is 11.2. The normalized spacial score (nSPS) is 13.5. The third-order valence-electron chi connectivity index (χ3n) is 3.19. The van der Waals surface area contributed by atoms with Crippen LogP contribution >= 0.6 is 0 Å². The number of hydrogen-bond acceptors (Lipinski definition) is 2. The summed E-state index contributed by atoms with van der Waals surface area (Å²) in [4.78, 5) is 11.2. The number of carboxylic acids is 1. The third-order valence-corrected chi connectivity index (χ3v) is 3.19. The number of aryl methyl sites for hydroxylation is 2. The fourth-order valence-electron chi connectivity index (χ4n) is 2.38. The second kappa shape index (κ2) is 4.88. The van der Waals surface area contributed by atoms with Gasteiger partial charge in [0.1, 0.15) is 0 Å². The predicted octanol–water partition coefficient (Wildman–Crippen LogP) is 2.68. The van der Waals surface area contributed by atoms with Gasteiger partial charge < -0.3 is 9.84 Å². The lowest BCUT2D eigenvalue weighted by Crippen LogP contribution is -2.41. The average molecular weight is 236 g/mol. The van der Waals surface area contributed by atoms with Crippen LogP contribution in [-0.2, 0) is 14.9 Å². The topological polar surface area (TPSA) is 46.5 Å². The lowest BCUT2D eigenvalue weighted by Gasteiger charge is -2.32. The van der Waals surface area contributed by atoms with E-state index in [0.29, 0.717) is 0 Å². The highest BCUT2D eigenvalue weighted by Gasteiger charge is 2.37. The Morgan fingerprint density at radius 3 is 2.35 bits per heavy atom. The molecule has 1 aromatic rings. The first-order chi connectivity index (χ1) is 7.80. The lowest BCUT2D eigenvalue weighted by molar-refractivity contribution is -0.152. The number of rotatable bonds is 4. The van der Waals surface area contributed by atoms with Crippen LogP contribution in [0.5, 0.6) is 0 Å². The van der Waals surface area contributed by atoms with Crippen molar-refractivity contribution in [3.05, 3.63) is 34.9 Å². The fourth-order valence-corrected chi connectivity index (χ4v) is 2.38. The molecule has 1 rings (SSSR count). The molecule has 3 nitrogen and oxygen atoms in total. The summed E-state index contributed by atoms with van der Waals surface area (Å²) in [5, 5.41) is 9.19. The van der Waals surface area contributed by atoms with Crippen LogP contribution in [0, 0.1) is 13.8 Å². The summed E-state index contributed by atoms with van der Waals surface area (Å²) in [7, 11) is 1.43. The van der Waals surface area contributed by atoms with Gasteiger partial charge in [-0.3, -0.25) is 0 Å². The molecule has 0 aliphatic heterocycles. The van der Waals surface area contributed by atoms with Crippen molar-refractivity contribution in [3.8, 4) is 0 Å². The van der Waals surface area contributed by atoms with Gasteiger partial charge in [0.25, 0.3) is 0 Å².